The summed E-state index contributed by atoms with van der Waals surface area (Å²) in [4.78, 5) is 16.2. The van der Waals surface area contributed by atoms with Gasteiger partial charge in [-0.15, -0.1) is 0 Å². The third kappa shape index (κ3) is 16.6. The Morgan fingerprint density at radius 1 is 1.07 bits per heavy atom. The van der Waals surface area contributed by atoms with Crippen molar-refractivity contribution in [3.05, 3.63) is 0 Å². The summed E-state index contributed by atoms with van der Waals surface area (Å²) in [5.74, 6) is 0.743. The van der Waals surface area contributed by atoms with E-state index in [2.05, 4.69) is 27.9 Å². The fourth-order valence-corrected chi connectivity index (χ4v) is 2.36. The number of nitrogens with one attached hydrogen (secondary N) is 3. The average Bonchev–Trinajstić information content (AvgIpc) is 2.63. The Kier molecular flexibility index (Phi) is 15.5. The quantitative estimate of drug-likeness (QED) is 0.235. The fourth-order valence-electron chi connectivity index (χ4n) is 2.36. The summed E-state index contributed by atoms with van der Waals surface area (Å²) in [6, 6.07) is 0.0936. The molecular formula is C20H42N4O4. The van der Waals surface area contributed by atoms with Gasteiger partial charge in [0.25, 0.3) is 0 Å². The fraction of sp³-hybridized carbons (Fsp3) is 0.900. The van der Waals surface area contributed by atoms with Crippen molar-refractivity contribution >= 4 is 12.1 Å². The molecule has 0 bridgehead atoms. The van der Waals surface area contributed by atoms with Crippen LogP contribution in [-0.2, 0) is 14.2 Å². The zero-order valence-electron chi connectivity index (χ0n) is 18.7. The molecule has 0 saturated carbocycles. The molecule has 0 fully saturated rings. The van der Waals surface area contributed by atoms with Gasteiger partial charge in [-0.3, -0.25) is 4.99 Å². The lowest BCUT2D eigenvalue weighted by Crippen LogP contribution is -2.49. The summed E-state index contributed by atoms with van der Waals surface area (Å²) in [6.07, 6.45) is 4.69. The first-order chi connectivity index (χ1) is 13.3. The molecule has 0 heterocycles. The molecule has 1 unspecified atom stereocenters. The number of carbonyl (C=O) groups is 1. The highest BCUT2D eigenvalue weighted by Crippen LogP contribution is 2.07. The maximum Gasteiger partial charge on any atom is 0.407 e. The molecule has 8 nitrogen and oxygen atoms in total. The predicted molar refractivity (Wildman–Crippen MR) is 114 cm³/mol. The van der Waals surface area contributed by atoms with Crippen LogP contribution >= 0.6 is 0 Å². The lowest BCUT2D eigenvalue weighted by Gasteiger charge is -2.24. The first-order valence-corrected chi connectivity index (χ1v) is 10.3. The zero-order valence-corrected chi connectivity index (χ0v) is 18.7. The molecule has 0 aliphatic rings. The van der Waals surface area contributed by atoms with Gasteiger partial charge >= 0.3 is 6.09 Å². The highest BCUT2D eigenvalue weighted by molar-refractivity contribution is 5.80. The molecule has 1 atom stereocenters. The van der Waals surface area contributed by atoms with Gasteiger partial charge in [-0.1, -0.05) is 19.8 Å². The minimum absolute atomic E-state index is 0.0936. The molecule has 0 aromatic heterocycles. The number of guanidine groups is 1. The topological polar surface area (TPSA) is 93.2 Å². The number of ether oxygens (including phenoxy) is 3. The van der Waals surface area contributed by atoms with Crippen molar-refractivity contribution < 1.29 is 19.0 Å². The smallest absolute Gasteiger partial charge is 0.407 e. The number of aliphatic imine (C=N–C) groups is 1. The number of amides is 1. The predicted octanol–water partition coefficient (Wildman–Crippen LogP) is 2.68. The SMILES string of the molecule is CCCCC(CNC(=O)OC(C)(C)C)NC(=NC)NCCCCOCCOC. The highest BCUT2D eigenvalue weighted by Gasteiger charge is 2.18. The standard InChI is InChI=1S/C20H42N4O4/c1-7-8-11-17(16-23-19(25)28-20(2,3)4)24-18(21-5)22-12-9-10-13-27-15-14-26-6/h17H,7-16H2,1-6H3,(H,23,25)(H2,21,22,24). The Bertz CT molecular complexity index is 425. The van der Waals surface area contributed by atoms with Crippen molar-refractivity contribution in [1.29, 1.82) is 0 Å². The second-order valence-corrected chi connectivity index (χ2v) is 7.68. The molecular weight excluding hydrogens is 360 g/mol. The van der Waals surface area contributed by atoms with E-state index in [1.54, 1.807) is 14.2 Å². The molecule has 0 radical (unpaired) electrons. The van der Waals surface area contributed by atoms with Crippen LogP contribution in [-0.4, -0.2) is 70.8 Å². The summed E-state index contributed by atoms with van der Waals surface area (Å²) >= 11 is 0. The number of methoxy groups -OCH3 is 1. The molecule has 8 heteroatoms. The van der Waals surface area contributed by atoms with Gasteiger partial charge in [-0.05, 0) is 40.0 Å². The molecule has 0 aliphatic heterocycles. The van der Waals surface area contributed by atoms with E-state index in [1.165, 1.54) is 0 Å². The van der Waals surface area contributed by atoms with E-state index in [1.807, 2.05) is 20.8 Å². The van der Waals surface area contributed by atoms with E-state index in [0.29, 0.717) is 19.8 Å². The van der Waals surface area contributed by atoms with Crippen LogP contribution in [0.4, 0.5) is 4.79 Å². The van der Waals surface area contributed by atoms with Gasteiger partial charge in [0, 0.05) is 39.9 Å². The Labute approximate surface area is 171 Å². The van der Waals surface area contributed by atoms with Crippen molar-refractivity contribution in [3.63, 3.8) is 0 Å². The van der Waals surface area contributed by atoms with Crippen LogP contribution < -0.4 is 16.0 Å². The Morgan fingerprint density at radius 3 is 2.43 bits per heavy atom. The number of carbonyl (C=O) groups excluding carboxylic acids is 1. The number of hydrogen-bond donors (Lipinski definition) is 3. The third-order valence-corrected chi connectivity index (χ3v) is 3.80. The number of nitrogens with zero attached hydrogens (tertiary/aromatic N) is 1. The molecule has 0 spiro atoms. The van der Waals surface area contributed by atoms with E-state index >= 15 is 0 Å². The number of hydrogen-bond acceptors (Lipinski definition) is 5. The minimum atomic E-state index is -0.499. The van der Waals surface area contributed by atoms with Crippen molar-refractivity contribution in [2.45, 2.75) is 71.4 Å². The second-order valence-electron chi connectivity index (χ2n) is 7.68. The van der Waals surface area contributed by atoms with Crippen LogP contribution in [0.15, 0.2) is 4.99 Å². The van der Waals surface area contributed by atoms with Crippen molar-refractivity contribution in [3.8, 4) is 0 Å². The summed E-state index contributed by atoms with van der Waals surface area (Å²) in [6.45, 7) is 11.0. The molecule has 0 aromatic carbocycles. The maximum atomic E-state index is 11.9. The largest absolute Gasteiger partial charge is 0.444 e. The maximum absolute atomic E-state index is 11.9. The van der Waals surface area contributed by atoms with Crippen LogP contribution in [0.3, 0.4) is 0 Å². The Morgan fingerprint density at radius 2 is 1.82 bits per heavy atom. The van der Waals surface area contributed by atoms with E-state index < -0.39 is 11.7 Å². The molecule has 166 valence electrons. The average molecular weight is 403 g/mol. The van der Waals surface area contributed by atoms with Gasteiger partial charge in [-0.25, -0.2) is 4.79 Å². The van der Waals surface area contributed by atoms with Crippen LogP contribution in [0.1, 0.15) is 59.8 Å². The van der Waals surface area contributed by atoms with E-state index in [-0.39, 0.29) is 6.04 Å². The molecule has 0 aliphatic carbocycles. The summed E-state index contributed by atoms with van der Waals surface area (Å²) in [5.41, 5.74) is -0.499. The lowest BCUT2D eigenvalue weighted by molar-refractivity contribution is 0.0523. The number of alkyl carbamates (subject to hydrolysis) is 1. The number of unbranched alkanes of at least 4 members (excludes halogenated alkanes) is 2. The molecule has 28 heavy (non-hydrogen) atoms. The first kappa shape index (κ1) is 26.5. The van der Waals surface area contributed by atoms with E-state index in [4.69, 9.17) is 14.2 Å². The van der Waals surface area contributed by atoms with Crippen molar-refractivity contribution in [2.24, 2.45) is 4.99 Å². The Hall–Kier alpha value is -1.54. The summed E-state index contributed by atoms with van der Waals surface area (Å²) in [7, 11) is 3.42. The Balaban J connectivity index is 4.22. The van der Waals surface area contributed by atoms with Crippen LogP contribution in [0.2, 0.25) is 0 Å². The monoisotopic (exact) mass is 402 g/mol. The van der Waals surface area contributed by atoms with Crippen LogP contribution in [0.25, 0.3) is 0 Å². The summed E-state index contributed by atoms with van der Waals surface area (Å²) in [5, 5.41) is 9.56. The zero-order chi connectivity index (χ0) is 21.3. The molecule has 0 saturated heterocycles. The van der Waals surface area contributed by atoms with Gasteiger partial charge in [0.15, 0.2) is 5.96 Å². The normalized spacial score (nSPS) is 13.1. The minimum Gasteiger partial charge on any atom is -0.444 e. The molecule has 3 N–H and O–H groups in total. The van der Waals surface area contributed by atoms with Crippen LogP contribution in [0, 0.1) is 0 Å². The van der Waals surface area contributed by atoms with E-state index in [9.17, 15) is 4.79 Å². The lowest BCUT2D eigenvalue weighted by atomic mass is 10.1. The van der Waals surface area contributed by atoms with Gasteiger partial charge in [0.1, 0.15) is 5.60 Å². The van der Waals surface area contributed by atoms with Gasteiger partial charge in [0.05, 0.1) is 13.2 Å². The summed E-state index contributed by atoms with van der Waals surface area (Å²) < 4.78 is 15.7. The van der Waals surface area contributed by atoms with Gasteiger partial charge < -0.3 is 30.2 Å². The van der Waals surface area contributed by atoms with Crippen molar-refractivity contribution in [2.75, 3.05) is 47.1 Å². The molecule has 0 rings (SSSR count). The first-order valence-electron chi connectivity index (χ1n) is 10.3. The second kappa shape index (κ2) is 16.4. The number of rotatable bonds is 14. The van der Waals surface area contributed by atoms with E-state index in [0.717, 1.165) is 51.2 Å². The third-order valence-electron chi connectivity index (χ3n) is 3.80. The highest BCUT2D eigenvalue weighted by atomic mass is 16.6. The van der Waals surface area contributed by atoms with Gasteiger partial charge in [-0.2, -0.15) is 0 Å². The molecule has 1 amide bonds. The van der Waals surface area contributed by atoms with Gasteiger partial charge in [0.2, 0.25) is 0 Å². The molecule has 0 aromatic rings. The van der Waals surface area contributed by atoms with Crippen molar-refractivity contribution in [1.82, 2.24) is 16.0 Å². The van der Waals surface area contributed by atoms with Crippen LogP contribution in [0.5, 0.6) is 0 Å².